The lowest BCUT2D eigenvalue weighted by molar-refractivity contribution is -0.116. The van der Waals surface area contributed by atoms with Crippen molar-refractivity contribution in [2.45, 2.75) is 0 Å². The Hall–Kier alpha value is -1.71. The van der Waals surface area contributed by atoms with Crippen LogP contribution in [0.4, 0.5) is 11.4 Å². The molecule has 76 valence electrons. The molecule has 1 aromatic rings. The summed E-state index contributed by atoms with van der Waals surface area (Å²) >= 11 is 0. The maximum Gasteiger partial charge on any atom is 0.236 e. The molecule has 0 atom stereocenters. The van der Waals surface area contributed by atoms with Gasteiger partial charge in [0.25, 0.3) is 0 Å². The van der Waals surface area contributed by atoms with E-state index in [1.165, 1.54) is 0 Å². The Bertz CT molecular complexity index is 306. The second-order valence-electron chi connectivity index (χ2n) is 3.26. The molecule has 1 aromatic carbocycles. The molecule has 0 spiro atoms. The van der Waals surface area contributed by atoms with Gasteiger partial charge in [-0.1, -0.05) is 0 Å². The Kier molecular flexibility index (Phi) is 3.34. The van der Waals surface area contributed by atoms with Gasteiger partial charge in [-0.25, -0.2) is 0 Å². The zero-order chi connectivity index (χ0) is 10.6. The van der Waals surface area contributed by atoms with Gasteiger partial charge in [0.15, 0.2) is 0 Å². The van der Waals surface area contributed by atoms with Crippen LogP contribution in [0, 0.1) is 0 Å². The standard InChI is InChI=1S/C10H15N3O/c1-13(2)9-5-3-8(4-6-9)12-7-10(11)14/h3-6,12H,7H2,1-2H3,(H2,11,14). The highest BCUT2D eigenvalue weighted by Crippen LogP contribution is 2.14. The summed E-state index contributed by atoms with van der Waals surface area (Å²) < 4.78 is 0. The van der Waals surface area contributed by atoms with Gasteiger partial charge in [-0.3, -0.25) is 4.79 Å². The molecular weight excluding hydrogens is 178 g/mol. The molecule has 0 radical (unpaired) electrons. The van der Waals surface area contributed by atoms with E-state index in [0.29, 0.717) is 0 Å². The Morgan fingerprint density at radius 1 is 1.36 bits per heavy atom. The third-order valence-electron chi connectivity index (χ3n) is 1.85. The van der Waals surface area contributed by atoms with Crippen molar-refractivity contribution in [2.24, 2.45) is 5.73 Å². The second kappa shape index (κ2) is 4.50. The van der Waals surface area contributed by atoms with Crippen molar-refractivity contribution in [3.63, 3.8) is 0 Å². The second-order valence-corrected chi connectivity index (χ2v) is 3.26. The van der Waals surface area contributed by atoms with Crippen molar-refractivity contribution in [2.75, 3.05) is 30.9 Å². The summed E-state index contributed by atoms with van der Waals surface area (Å²) in [5, 5.41) is 2.92. The lowest BCUT2D eigenvalue weighted by atomic mass is 10.2. The summed E-state index contributed by atoms with van der Waals surface area (Å²) in [6.45, 7) is 0.168. The Labute approximate surface area is 83.7 Å². The normalized spacial score (nSPS) is 9.57. The number of nitrogens with zero attached hydrogens (tertiary/aromatic N) is 1. The summed E-state index contributed by atoms with van der Waals surface area (Å²) in [7, 11) is 3.96. The minimum atomic E-state index is -0.360. The average molecular weight is 193 g/mol. The van der Waals surface area contributed by atoms with Gasteiger partial charge in [0.05, 0.1) is 6.54 Å². The van der Waals surface area contributed by atoms with Gasteiger partial charge in [0.1, 0.15) is 0 Å². The molecule has 0 unspecified atom stereocenters. The maximum absolute atomic E-state index is 10.5. The van der Waals surface area contributed by atoms with Crippen molar-refractivity contribution in [3.8, 4) is 0 Å². The van der Waals surface area contributed by atoms with E-state index in [4.69, 9.17) is 5.73 Å². The highest BCUT2D eigenvalue weighted by Gasteiger charge is 1.96. The van der Waals surface area contributed by atoms with Gasteiger partial charge >= 0.3 is 0 Å². The van der Waals surface area contributed by atoms with E-state index in [1.54, 1.807) is 0 Å². The number of carbonyl (C=O) groups excluding carboxylic acids is 1. The molecule has 0 saturated heterocycles. The first kappa shape index (κ1) is 10.4. The van der Waals surface area contributed by atoms with Crippen LogP contribution >= 0.6 is 0 Å². The Morgan fingerprint density at radius 3 is 2.36 bits per heavy atom. The monoisotopic (exact) mass is 193 g/mol. The fourth-order valence-electron chi connectivity index (χ4n) is 1.07. The molecule has 0 fully saturated rings. The number of hydrogen-bond donors (Lipinski definition) is 2. The SMILES string of the molecule is CN(C)c1ccc(NCC(N)=O)cc1. The Balaban J connectivity index is 2.59. The molecule has 0 aliphatic carbocycles. The van der Waals surface area contributed by atoms with E-state index in [2.05, 4.69) is 5.32 Å². The van der Waals surface area contributed by atoms with Crippen LogP contribution in [-0.4, -0.2) is 26.5 Å². The van der Waals surface area contributed by atoms with Crippen LogP contribution in [0.5, 0.6) is 0 Å². The quantitative estimate of drug-likeness (QED) is 0.738. The number of benzene rings is 1. The lowest BCUT2D eigenvalue weighted by Gasteiger charge is -2.12. The topological polar surface area (TPSA) is 58.4 Å². The number of anilines is 2. The van der Waals surface area contributed by atoms with E-state index in [-0.39, 0.29) is 12.5 Å². The van der Waals surface area contributed by atoms with E-state index in [9.17, 15) is 4.79 Å². The van der Waals surface area contributed by atoms with Crippen molar-refractivity contribution in [1.29, 1.82) is 0 Å². The van der Waals surface area contributed by atoms with Gasteiger partial charge in [0.2, 0.25) is 5.91 Å². The summed E-state index contributed by atoms with van der Waals surface area (Å²) in [5.41, 5.74) is 7.03. The zero-order valence-corrected chi connectivity index (χ0v) is 8.45. The molecule has 0 aromatic heterocycles. The molecule has 14 heavy (non-hydrogen) atoms. The zero-order valence-electron chi connectivity index (χ0n) is 8.45. The van der Waals surface area contributed by atoms with Crippen molar-refractivity contribution in [1.82, 2.24) is 0 Å². The Morgan fingerprint density at radius 2 is 1.93 bits per heavy atom. The minimum absolute atomic E-state index is 0.168. The smallest absolute Gasteiger partial charge is 0.236 e. The van der Waals surface area contributed by atoms with Gasteiger partial charge in [-0.05, 0) is 24.3 Å². The largest absolute Gasteiger partial charge is 0.378 e. The van der Waals surface area contributed by atoms with Crippen LogP contribution in [0.15, 0.2) is 24.3 Å². The third kappa shape index (κ3) is 2.97. The summed E-state index contributed by atoms with van der Waals surface area (Å²) in [6.07, 6.45) is 0. The molecule has 0 aliphatic rings. The highest BCUT2D eigenvalue weighted by atomic mass is 16.1. The first-order valence-corrected chi connectivity index (χ1v) is 4.39. The van der Waals surface area contributed by atoms with Crippen molar-refractivity contribution >= 4 is 17.3 Å². The third-order valence-corrected chi connectivity index (χ3v) is 1.85. The number of carbonyl (C=O) groups is 1. The summed E-state index contributed by atoms with van der Waals surface area (Å²) in [5.74, 6) is -0.360. The molecule has 4 heteroatoms. The minimum Gasteiger partial charge on any atom is -0.378 e. The van der Waals surface area contributed by atoms with Crippen LogP contribution in [0.25, 0.3) is 0 Å². The predicted octanol–water partition coefficient (Wildman–Crippen LogP) is 0.650. The van der Waals surface area contributed by atoms with Crippen LogP contribution in [0.3, 0.4) is 0 Å². The number of primary amides is 1. The van der Waals surface area contributed by atoms with Gasteiger partial charge < -0.3 is 16.0 Å². The molecule has 3 N–H and O–H groups in total. The van der Waals surface area contributed by atoms with Gasteiger partial charge in [-0.2, -0.15) is 0 Å². The fraction of sp³-hybridized carbons (Fsp3) is 0.300. The van der Waals surface area contributed by atoms with Crippen LogP contribution in [0.1, 0.15) is 0 Å². The number of hydrogen-bond acceptors (Lipinski definition) is 3. The molecule has 0 bridgehead atoms. The maximum atomic E-state index is 10.5. The van der Waals surface area contributed by atoms with E-state index in [0.717, 1.165) is 11.4 Å². The summed E-state index contributed by atoms with van der Waals surface area (Å²) in [4.78, 5) is 12.5. The number of rotatable bonds is 4. The molecule has 4 nitrogen and oxygen atoms in total. The van der Waals surface area contributed by atoms with E-state index < -0.39 is 0 Å². The number of nitrogens with one attached hydrogen (secondary N) is 1. The molecule has 1 rings (SSSR count). The molecule has 0 aliphatic heterocycles. The van der Waals surface area contributed by atoms with Crippen molar-refractivity contribution < 1.29 is 4.79 Å². The fourth-order valence-corrected chi connectivity index (χ4v) is 1.07. The van der Waals surface area contributed by atoms with E-state index >= 15 is 0 Å². The van der Waals surface area contributed by atoms with Gasteiger partial charge in [-0.15, -0.1) is 0 Å². The number of amides is 1. The first-order chi connectivity index (χ1) is 6.59. The molecule has 0 saturated carbocycles. The molecule has 1 amide bonds. The van der Waals surface area contributed by atoms with E-state index in [1.807, 2.05) is 43.3 Å². The van der Waals surface area contributed by atoms with Crippen molar-refractivity contribution in [3.05, 3.63) is 24.3 Å². The average Bonchev–Trinajstić information content (AvgIpc) is 2.15. The molecular formula is C10H15N3O. The number of nitrogens with two attached hydrogens (primary N) is 1. The summed E-state index contributed by atoms with van der Waals surface area (Å²) in [6, 6.07) is 7.78. The first-order valence-electron chi connectivity index (χ1n) is 4.39. The van der Waals surface area contributed by atoms with Crippen LogP contribution in [0.2, 0.25) is 0 Å². The highest BCUT2D eigenvalue weighted by molar-refractivity contribution is 5.78. The molecule has 0 heterocycles. The predicted molar refractivity (Wildman–Crippen MR) is 58.5 cm³/mol. The van der Waals surface area contributed by atoms with Gasteiger partial charge in [0, 0.05) is 25.5 Å². The van der Waals surface area contributed by atoms with Crippen LogP contribution < -0.4 is 16.0 Å². The lowest BCUT2D eigenvalue weighted by Crippen LogP contribution is -2.21. The van der Waals surface area contributed by atoms with Crippen LogP contribution in [-0.2, 0) is 4.79 Å².